The zero-order valence-electron chi connectivity index (χ0n) is 19.6. The topological polar surface area (TPSA) is 88.2 Å². The maximum atomic E-state index is 13.4. The van der Waals surface area contributed by atoms with Crippen molar-refractivity contribution < 1.29 is 23.9 Å². The number of carbonyl (C=O) groups is 3. The molecule has 1 atom stereocenters. The van der Waals surface area contributed by atoms with Crippen LogP contribution in [-0.4, -0.2) is 49.0 Å². The fourth-order valence-corrected chi connectivity index (χ4v) is 4.63. The Labute approximate surface area is 208 Å². The number of rotatable bonds is 10. The molecule has 0 unspecified atom stereocenters. The van der Waals surface area contributed by atoms with Crippen LogP contribution in [0.4, 0.5) is 16.2 Å². The number of urea groups is 1. The van der Waals surface area contributed by atoms with Gasteiger partial charge in [-0.05, 0) is 73.3 Å². The number of hydrogen-bond acceptors (Lipinski definition) is 6. The van der Waals surface area contributed by atoms with E-state index >= 15 is 0 Å². The Morgan fingerprint density at radius 3 is 2.37 bits per heavy atom. The molecule has 3 aromatic rings. The second kappa shape index (κ2) is 11.1. The molecule has 0 saturated carbocycles. The lowest BCUT2D eigenvalue weighted by Crippen LogP contribution is -2.39. The van der Waals surface area contributed by atoms with Crippen molar-refractivity contribution in [2.45, 2.75) is 25.8 Å². The van der Waals surface area contributed by atoms with E-state index in [2.05, 4.69) is 5.32 Å². The molecular formula is C26H27N3O5S. The number of carbonyl (C=O) groups excluding carboxylic acids is 3. The Balaban J connectivity index is 1.51. The first-order valence-corrected chi connectivity index (χ1v) is 12.2. The first kappa shape index (κ1) is 24.3. The first-order chi connectivity index (χ1) is 17.0. The van der Waals surface area contributed by atoms with Crippen LogP contribution in [0.1, 0.15) is 18.2 Å². The number of benzene rings is 2. The molecule has 2 aromatic carbocycles. The Bertz CT molecular complexity index is 1160. The van der Waals surface area contributed by atoms with Gasteiger partial charge in [-0.3, -0.25) is 9.59 Å². The molecule has 1 N–H and O–H groups in total. The fourth-order valence-electron chi connectivity index (χ4n) is 3.93. The zero-order valence-corrected chi connectivity index (χ0v) is 20.4. The smallest absolute Gasteiger partial charge is 0.332 e. The van der Waals surface area contributed by atoms with Gasteiger partial charge in [0.25, 0.3) is 5.91 Å². The third-order valence-corrected chi connectivity index (χ3v) is 6.59. The molecule has 0 aliphatic carbocycles. The van der Waals surface area contributed by atoms with Crippen LogP contribution in [0, 0.1) is 0 Å². The van der Waals surface area contributed by atoms with Crippen molar-refractivity contribution in [1.29, 1.82) is 0 Å². The van der Waals surface area contributed by atoms with E-state index in [1.165, 1.54) is 4.90 Å². The average molecular weight is 494 g/mol. The number of methoxy groups -OCH3 is 1. The van der Waals surface area contributed by atoms with E-state index in [-0.39, 0.29) is 12.3 Å². The van der Waals surface area contributed by atoms with Gasteiger partial charge in [0, 0.05) is 17.1 Å². The van der Waals surface area contributed by atoms with E-state index in [4.69, 9.17) is 9.47 Å². The fraction of sp³-hybridized carbons (Fsp3) is 0.269. The molecule has 1 aromatic heterocycles. The largest absolute Gasteiger partial charge is 0.497 e. The van der Waals surface area contributed by atoms with Crippen molar-refractivity contribution in [3.05, 3.63) is 70.9 Å². The number of anilines is 2. The maximum Gasteiger partial charge on any atom is 0.332 e. The molecule has 2 heterocycles. The molecule has 1 aliphatic rings. The van der Waals surface area contributed by atoms with Crippen LogP contribution in [0.3, 0.4) is 0 Å². The average Bonchev–Trinajstić information content (AvgIpc) is 3.46. The summed E-state index contributed by atoms with van der Waals surface area (Å²) in [5.74, 6) is 0.553. The molecule has 0 bridgehead atoms. The van der Waals surface area contributed by atoms with Gasteiger partial charge in [0.05, 0.1) is 25.8 Å². The van der Waals surface area contributed by atoms with Crippen LogP contribution < -0.4 is 19.7 Å². The zero-order chi connectivity index (χ0) is 24.8. The minimum Gasteiger partial charge on any atom is -0.497 e. The highest BCUT2D eigenvalue weighted by Crippen LogP contribution is 2.29. The number of imide groups is 1. The van der Waals surface area contributed by atoms with Crippen molar-refractivity contribution in [2.24, 2.45) is 0 Å². The second-order valence-electron chi connectivity index (χ2n) is 7.90. The molecular weight excluding hydrogens is 466 g/mol. The molecule has 4 amide bonds. The first-order valence-electron chi connectivity index (χ1n) is 11.3. The monoisotopic (exact) mass is 493 g/mol. The van der Waals surface area contributed by atoms with E-state index in [0.29, 0.717) is 42.4 Å². The van der Waals surface area contributed by atoms with Gasteiger partial charge >= 0.3 is 6.03 Å². The van der Waals surface area contributed by atoms with Crippen molar-refractivity contribution in [3.8, 4) is 11.5 Å². The lowest BCUT2D eigenvalue weighted by atomic mass is 10.1. The molecule has 182 valence electrons. The van der Waals surface area contributed by atoms with E-state index in [1.807, 2.05) is 24.4 Å². The molecule has 0 radical (unpaired) electrons. The number of nitrogens with zero attached hydrogens (tertiary/aromatic N) is 2. The van der Waals surface area contributed by atoms with E-state index in [9.17, 15) is 14.4 Å². The van der Waals surface area contributed by atoms with Crippen molar-refractivity contribution in [2.75, 3.05) is 30.5 Å². The number of ether oxygens (including phenoxy) is 2. The second-order valence-corrected chi connectivity index (χ2v) is 8.93. The van der Waals surface area contributed by atoms with Crippen LogP contribution in [0.25, 0.3) is 0 Å². The predicted octanol–water partition coefficient (Wildman–Crippen LogP) is 4.56. The Kier molecular flexibility index (Phi) is 7.67. The SMILES string of the molecule is CCOc1ccc(NC(=O)C[C@@H]2C(=O)N(c3ccc(OC)cc3)C(=O)N2CCc2cccs2)cc1. The van der Waals surface area contributed by atoms with Gasteiger partial charge in [0.2, 0.25) is 5.91 Å². The molecule has 35 heavy (non-hydrogen) atoms. The molecule has 9 heteroatoms. The summed E-state index contributed by atoms with van der Waals surface area (Å²) in [5, 5.41) is 4.79. The van der Waals surface area contributed by atoms with Gasteiger partial charge in [-0.1, -0.05) is 6.07 Å². The Morgan fingerprint density at radius 1 is 1.03 bits per heavy atom. The number of amides is 4. The maximum absolute atomic E-state index is 13.4. The summed E-state index contributed by atoms with van der Waals surface area (Å²) < 4.78 is 10.6. The standard InChI is InChI=1S/C26H27N3O5S/c1-3-34-21-10-6-18(7-11-21)27-24(30)17-23-25(31)29(19-8-12-20(33-2)13-9-19)26(32)28(23)15-14-22-5-4-16-35-22/h4-13,16,23H,3,14-15,17H2,1-2H3,(H,27,30)/t23-/m1/s1. The van der Waals surface area contributed by atoms with Gasteiger partial charge in [0.1, 0.15) is 17.5 Å². The van der Waals surface area contributed by atoms with Crippen molar-refractivity contribution >= 4 is 40.6 Å². The Hall–Kier alpha value is -3.85. The van der Waals surface area contributed by atoms with E-state index in [0.717, 1.165) is 9.78 Å². The summed E-state index contributed by atoms with van der Waals surface area (Å²) in [6.45, 7) is 2.78. The van der Waals surface area contributed by atoms with Crippen molar-refractivity contribution in [1.82, 2.24) is 4.90 Å². The van der Waals surface area contributed by atoms with Crippen LogP contribution in [0.2, 0.25) is 0 Å². The predicted molar refractivity (Wildman–Crippen MR) is 135 cm³/mol. The van der Waals surface area contributed by atoms with Gasteiger partial charge in [-0.2, -0.15) is 0 Å². The molecule has 0 spiro atoms. The van der Waals surface area contributed by atoms with Crippen LogP contribution in [-0.2, 0) is 16.0 Å². The lowest BCUT2D eigenvalue weighted by molar-refractivity contribution is -0.124. The van der Waals surface area contributed by atoms with Gasteiger partial charge in [-0.15, -0.1) is 11.3 Å². The van der Waals surface area contributed by atoms with Gasteiger partial charge in [-0.25, -0.2) is 9.69 Å². The highest BCUT2D eigenvalue weighted by atomic mass is 32.1. The molecule has 1 aliphatic heterocycles. The van der Waals surface area contributed by atoms with Gasteiger partial charge in [0.15, 0.2) is 0 Å². The summed E-state index contributed by atoms with van der Waals surface area (Å²) >= 11 is 1.59. The molecule has 1 fully saturated rings. The molecule has 8 nitrogen and oxygen atoms in total. The van der Waals surface area contributed by atoms with Crippen LogP contribution in [0.5, 0.6) is 11.5 Å². The molecule has 4 rings (SSSR count). The van der Waals surface area contributed by atoms with Gasteiger partial charge < -0.3 is 19.7 Å². The highest BCUT2D eigenvalue weighted by Gasteiger charge is 2.46. The minimum absolute atomic E-state index is 0.144. The summed E-state index contributed by atoms with van der Waals surface area (Å²) in [6, 6.07) is 16.3. The van der Waals surface area contributed by atoms with Crippen molar-refractivity contribution in [3.63, 3.8) is 0 Å². The van der Waals surface area contributed by atoms with Crippen LogP contribution in [0.15, 0.2) is 66.0 Å². The third kappa shape index (κ3) is 5.63. The normalized spacial score (nSPS) is 15.4. The Morgan fingerprint density at radius 2 is 1.74 bits per heavy atom. The number of hydrogen-bond donors (Lipinski definition) is 1. The van der Waals surface area contributed by atoms with Crippen LogP contribution >= 0.6 is 11.3 Å². The summed E-state index contributed by atoms with van der Waals surface area (Å²) in [6.07, 6.45) is 0.457. The quantitative estimate of drug-likeness (QED) is 0.418. The summed E-state index contributed by atoms with van der Waals surface area (Å²) in [7, 11) is 1.55. The minimum atomic E-state index is -0.896. The van der Waals surface area contributed by atoms with E-state index in [1.54, 1.807) is 67.0 Å². The third-order valence-electron chi connectivity index (χ3n) is 5.66. The lowest BCUT2D eigenvalue weighted by Gasteiger charge is -2.21. The van der Waals surface area contributed by atoms with E-state index < -0.39 is 18.0 Å². The summed E-state index contributed by atoms with van der Waals surface area (Å²) in [4.78, 5) is 43.3. The highest BCUT2D eigenvalue weighted by molar-refractivity contribution is 7.09. The number of nitrogens with one attached hydrogen (secondary N) is 1. The molecule has 1 saturated heterocycles. The summed E-state index contributed by atoms with van der Waals surface area (Å²) in [5.41, 5.74) is 1.03. The number of thiophene rings is 1.